The third kappa shape index (κ3) is 5.22. The van der Waals surface area contributed by atoms with Crippen LogP contribution in [0.2, 0.25) is 0 Å². The quantitative estimate of drug-likeness (QED) is 0.423. The standard InChI is InChI=1S/C28H29F2N5O4/c1-28(14-36)13-33-27(38-15-28)34-16-10-20(29)24(21(30)11-16)39-22-8-9-31-25-23(22)19(12-32-25)17-6-4-5-7-18(17)26(37)35(2)3/h6-12,36H,4-5,13-15H2,1-3H3,(H,31,32)(H,33,34). The topological polar surface area (TPSA) is 112 Å². The predicted octanol–water partition coefficient (Wildman–Crippen LogP) is 4.62. The Labute approximate surface area is 223 Å². The summed E-state index contributed by atoms with van der Waals surface area (Å²) in [5, 5.41) is 12.7. The van der Waals surface area contributed by atoms with E-state index in [0.717, 1.165) is 25.0 Å². The SMILES string of the molecule is CN(C)C(=O)C1=CCCC=C1c1c[nH]c2nccc(Oc3c(F)cc(NC4=NCC(C)(CO)CO4)cc3F)c12. The highest BCUT2D eigenvalue weighted by Crippen LogP contribution is 2.40. The lowest BCUT2D eigenvalue weighted by molar-refractivity contribution is -0.124. The van der Waals surface area contributed by atoms with Gasteiger partial charge in [-0.05, 0) is 24.5 Å². The van der Waals surface area contributed by atoms with Crippen LogP contribution in [0.3, 0.4) is 0 Å². The number of fused-ring (bicyclic) bond motifs is 1. The molecule has 0 radical (unpaired) electrons. The van der Waals surface area contributed by atoms with Crippen LogP contribution in [-0.2, 0) is 9.53 Å². The maximum atomic E-state index is 15.2. The number of aromatic nitrogens is 2. The summed E-state index contributed by atoms with van der Waals surface area (Å²) in [6, 6.07) is 3.80. The maximum Gasteiger partial charge on any atom is 0.289 e. The average molecular weight is 538 g/mol. The lowest BCUT2D eigenvalue weighted by Crippen LogP contribution is -2.38. The highest BCUT2D eigenvalue weighted by Gasteiger charge is 2.29. The Morgan fingerprint density at radius 3 is 2.67 bits per heavy atom. The van der Waals surface area contributed by atoms with Crippen LogP contribution in [0.15, 0.2) is 53.3 Å². The van der Waals surface area contributed by atoms with E-state index in [9.17, 15) is 9.90 Å². The number of anilines is 1. The largest absolute Gasteiger partial charge is 0.464 e. The molecule has 3 N–H and O–H groups in total. The van der Waals surface area contributed by atoms with E-state index >= 15 is 8.78 Å². The number of likely N-dealkylation sites (N-methyl/N-ethyl adjacent to an activating group) is 1. The van der Waals surface area contributed by atoms with Crippen LogP contribution in [-0.4, -0.2) is 65.8 Å². The van der Waals surface area contributed by atoms with Crippen molar-refractivity contribution in [3.8, 4) is 11.5 Å². The van der Waals surface area contributed by atoms with Gasteiger partial charge in [0.25, 0.3) is 11.9 Å². The van der Waals surface area contributed by atoms with Crippen LogP contribution in [0.25, 0.3) is 16.6 Å². The second-order valence-electron chi connectivity index (χ2n) is 10.1. The lowest BCUT2D eigenvalue weighted by atomic mass is 9.91. The number of ether oxygens (including phenoxy) is 2. The summed E-state index contributed by atoms with van der Waals surface area (Å²) in [6.07, 6.45) is 8.52. The Balaban J connectivity index is 1.45. The smallest absolute Gasteiger partial charge is 0.289 e. The van der Waals surface area contributed by atoms with Crippen molar-refractivity contribution in [1.82, 2.24) is 14.9 Å². The van der Waals surface area contributed by atoms with E-state index in [1.165, 1.54) is 17.2 Å². The van der Waals surface area contributed by atoms with Crippen molar-refractivity contribution < 1.29 is 28.2 Å². The zero-order valence-corrected chi connectivity index (χ0v) is 21.8. The number of hydrogen-bond acceptors (Lipinski definition) is 7. The number of rotatable bonds is 6. The number of carbonyl (C=O) groups is 1. The number of nitrogens with one attached hydrogen (secondary N) is 2. The summed E-state index contributed by atoms with van der Waals surface area (Å²) in [6.45, 7) is 2.26. The zero-order chi connectivity index (χ0) is 27.7. The number of amidine groups is 1. The monoisotopic (exact) mass is 537 g/mol. The number of aliphatic imine (C=N–C) groups is 1. The number of halogens is 2. The van der Waals surface area contributed by atoms with Crippen LogP contribution in [0.1, 0.15) is 25.3 Å². The molecule has 204 valence electrons. The number of aliphatic hydroxyl groups is 1. The first-order valence-electron chi connectivity index (χ1n) is 12.5. The summed E-state index contributed by atoms with van der Waals surface area (Å²) in [5.41, 5.74) is 1.94. The highest BCUT2D eigenvalue weighted by atomic mass is 19.1. The number of nitrogens with zero attached hydrogens (tertiary/aromatic N) is 3. The summed E-state index contributed by atoms with van der Waals surface area (Å²) < 4.78 is 41.6. The zero-order valence-electron chi connectivity index (χ0n) is 21.8. The molecule has 1 atom stereocenters. The molecule has 39 heavy (non-hydrogen) atoms. The Morgan fingerprint density at radius 1 is 1.26 bits per heavy atom. The molecule has 0 saturated carbocycles. The molecule has 5 rings (SSSR count). The molecular formula is C28H29F2N5O4. The minimum absolute atomic E-state index is 0.0922. The molecule has 1 amide bonds. The van der Waals surface area contributed by atoms with Crippen molar-refractivity contribution in [2.24, 2.45) is 10.4 Å². The molecule has 1 aliphatic heterocycles. The van der Waals surface area contributed by atoms with Gasteiger partial charge >= 0.3 is 0 Å². The molecule has 0 saturated heterocycles. The second kappa shape index (κ2) is 10.5. The van der Waals surface area contributed by atoms with E-state index in [1.807, 2.05) is 19.1 Å². The van der Waals surface area contributed by atoms with E-state index in [-0.39, 0.29) is 36.6 Å². The molecule has 3 aromatic rings. The van der Waals surface area contributed by atoms with Crippen molar-refractivity contribution in [2.45, 2.75) is 19.8 Å². The number of benzene rings is 1. The van der Waals surface area contributed by atoms with Crippen molar-refractivity contribution in [3.05, 3.63) is 65.5 Å². The Hall–Kier alpha value is -4.25. The van der Waals surface area contributed by atoms with E-state index in [0.29, 0.717) is 34.3 Å². The van der Waals surface area contributed by atoms with Crippen LogP contribution in [0, 0.1) is 17.0 Å². The van der Waals surface area contributed by atoms with Gasteiger partial charge in [-0.15, -0.1) is 0 Å². The molecule has 1 unspecified atom stereocenters. The fraction of sp³-hybridized carbons (Fsp3) is 0.321. The third-order valence-electron chi connectivity index (χ3n) is 6.62. The van der Waals surface area contributed by atoms with Crippen LogP contribution in [0.4, 0.5) is 14.5 Å². The first-order chi connectivity index (χ1) is 18.7. The second-order valence-corrected chi connectivity index (χ2v) is 10.1. The minimum Gasteiger partial charge on any atom is -0.464 e. The number of aliphatic hydroxyl groups excluding tert-OH is 1. The lowest BCUT2D eigenvalue weighted by Gasteiger charge is -2.30. The normalized spacial score (nSPS) is 19.1. The number of allylic oxidation sites excluding steroid dienone is 2. The van der Waals surface area contributed by atoms with Crippen molar-refractivity contribution in [1.29, 1.82) is 0 Å². The first kappa shape index (κ1) is 26.4. The molecule has 0 spiro atoms. The fourth-order valence-corrected chi connectivity index (χ4v) is 4.43. The molecule has 3 heterocycles. The number of hydrogen-bond donors (Lipinski definition) is 3. The van der Waals surface area contributed by atoms with Gasteiger partial charge in [0.2, 0.25) is 0 Å². The molecule has 1 aromatic carbocycles. The van der Waals surface area contributed by atoms with E-state index in [2.05, 4.69) is 20.3 Å². The van der Waals surface area contributed by atoms with Gasteiger partial charge in [0.05, 0.1) is 18.5 Å². The van der Waals surface area contributed by atoms with Gasteiger partial charge < -0.3 is 29.8 Å². The molecule has 2 aliphatic rings. The van der Waals surface area contributed by atoms with Gasteiger partial charge in [-0.2, -0.15) is 0 Å². The Morgan fingerprint density at radius 2 is 2.00 bits per heavy atom. The van der Waals surface area contributed by atoms with Gasteiger partial charge in [-0.1, -0.05) is 19.1 Å². The summed E-state index contributed by atoms with van der Waals surface area (Å²) in [7, 11) is 3.37. The van der Waals surface area contributed by atoms with Gasteiger partial charge in [-0.25, -0.2) is 18.8 Å². The number of pyridine rings is 1. The fourth-order valence-electron chi connectivity index (χ4n) is 4.43. The predicted molar refractivity (Wildman–Crippen MR) is 144 cm³/mol. The third-order valence-corrected chi connectivity index (χ3v) is 6.62. The van der Waals surface area contributed by atoms with Gasteiger partial charge in [0.15, 0.2) is 17.4 Å². The van der Waals surface area contributed by atoms with E-state index in [4.69, 9.17) is 9.47 Å². The molecular weight excluding hydrogens is 508 g/mol. The van der Waals surface area contributed by atoms with E-state index < -0.39 is 22.8 Å². The van der Waals surface area contributed by atoms with Crippen molar-refractivity contribution in [3.63, 3.8) is 0 Å². The van der Waals surface area contributed by atoms with Crippen molar-refractivity contribution in [2.75, 3.05) is 39.2 Å². The summed E-state index contributed by atoms with van der Waals surface area (Å²) >= 11 is 0. The first-order valence-corrected chi connectivity index (χ1v) is 12.5. The Kier molecular flexibility index (Phi) is 7.09. The molecule has 1 aliphatic carbocycles. The van der Waals surface area contributed by atoms with Gasteiger partial charge in [-0.3, -0.25) is 4.79 Å². The van der Waals surface area contributed by atoms with Gasteiger partial charge in [0, 0.05) is 60.9 Å². The number of carbonyl (C=O) groups excluding carboxylic acids is 1. The molecule has 2 aromatic heterocycles. The Bertz CT molecular complexity index is 1500. The molecule has 11 heteroatoms. The van der Waals surface area contributed by atoms with Crippen LogP contribution < -0.4 is 10.1 Å². The van der Waals surface area contributed by atoms with Gasteiger partial charge in [0.1, 0.15) is 18.0 Å². The maximum absolute atomic E-state index is 15.2. The number of aromatic amines is 1. The molecule has 0 bridgehead atoms. The summed E-state index contributed by atoms with van der Waals surface area (Å²) in [5.74, 6) is -2.42. The number of H-pyrrole nitrogens is 1. The minimum atomic E-state index is -0.934. The highest BCUT2D eigenvalue weighted by molar-refractivity contribution is 6.13. The van der Waals surface area contributed by atoms with Crippen LogP contribution in [0.5, 0.6) is 11.5 Å². The average Bonchev–Trinajstić information content (AvgIpc) is 3.36. The summed E-state index contributed by atoms with van der Waals surface area (Å²) in [4.78, 5) is 26.0. The van der Waals surface area contributed by atoms with Crippen LogP contribution >= 0.6 is 0 Å². The van der Waals surface area contributed by atoms with E-state index in [1.54, 1.807) is 20.3 Å². The number of amides is 1. The molecule has 9 nitrogen and oxygen atoms in total. The molecule has 0 fully saturated rings. The van der Waals surface area contributed by atoms with Crippen molar-refractivity contribution >= 4 is 34.2 Å².